The Hall–Kier alpha value is -2.19. The first-order valence-corrected chi connectivity index (χ1v) is 11.8. The molecule has 1 aliphatic heterocycles. The first kappa shape index (κ1) is 22.0. The van der Waals surface area contributed by atoms with Crippen LogP contribution in [0.1, 0.15) is 67.7 Å². The van der Waals surface area contributed by atoms with Crippen LogP contribution in [0.2, 0.25) is 0 Å². The van der Waals surface area contributed by atoms with Gasteiger partial charge < -0.3 is 15.1 Å². The van der Waals surface area contributed by atoms with Crippen LogP contribution in [0.25, 0.3) is 0 Å². The van der Waals surface area contributed by atoms with Crippen LogP contribution in [0, 0.1) is 23.2 Å². The number of rotatable bonds is 6. The first-order valence-electron chi connectivity index (χ1n) is 11.8. The molecule has 4 heteroatoms. The summed E-state index contributed by atoms with van der Waals surface area (Å²) in [6.45, 7) is 2.51. The third-order valence-electron chi connectivity index (χ3n) is 7.47. The molecular formula is C27H34N2O2. The van der Waals surface area contributed by atoms with E-state index in [0.717, 1.165) is 24.6 Å². The maximum Gasteiger partial charge on any atom is 0.0991 e. The van der Waals surface area contributed by atoms with E-state index in [1.807, 2.05) is 42.5 Å². The number of nitrogens with zero attached hydrogens (tertiary/aromatic N) is 2. The summed E-state index contributed by atoms with van der Waals surface area (Å²) in [6, 6.07) is 19.1. The number of piperidine rings is 1. The molecule has 164 valence electrons. The van der Waals surface area contributed by atoms with E-state index in [2.05, 4.69) is 11.0 Å². The van der Waals surface area contributed by atoms with Gasteiger partial charge in [-0.3, -0.25) is 0 Å². The summed E-state index contributed by atoms with van der Waals surface area (Å²) >= 11 is 0. The first-order chi connectivity index (χ1) is 15.1. The zero-order valence-corrected chi connectivity index (χ0v) is 18.3. The van der Waals surface area contributed by atoms with Crippen LogP contribution < -0.4 is 0 Å². The Morgan fingerprint density at radius 1 is 1.06 bits per heavy atom. The molecule has 2 aromatic carbocycles. The summed E-state index contributed by atoms with van der Waals surface area (Å²) in [5.74, 6) is 0.461. The topological polar surface area (TPSA) is 67.5 Å². The zero-order valence-electron chi connectivity index (χ0n) is 18.3. The number of aliphatic hydroxyl groups excluding tert-OH is 1. The van der Waals surface area contributed by atoms with Gasteiger partial charge in [0.15, 0.2) is 0 Å². The zero-order chi connectivity index (χ0) is 21.7. The van der Waals surface area contributed by atoms with Crippen molar-refractivity contribution in [1.82, 2.24) is 4.90 Å². The lowest BCUT2D eigenvalue weighted by atomic mass is 9.71. The van der Waals surface area contributed by atoms with Crippen molar-refractivity contribution >= 4 is 0 Å². The predicted molar refractivity (Wildman–Crippen MR) is 122 cm³/mol. The van der Waals surface area contributed by atoms with Gasteiger partial charge in [0, 0.05) is 19.0 Å². The molecule has 1 saturated carbocycles. The molecule has 2 aliphatic rings. The van der Waals surface area contributed by atoms with E-state index in [-0.39, 0.29) is 5.92 Å². The molecule has 0 bridgehead atoms. The Morgan fingerprint density at radius 3 is 2.58 bits per heavy atom. The van der Waals surface area contributed by atoms with E-state index in [9.17, 15) is 15.5 Å². The largest absolute Gasteiger partial charge is 0.388 e. The fourth-order valence-electron chi connectivity index (χ4n) is 5.55. The summed E-state index contributed by atoms with van der Waals surface area (Å²) in [7, 11) is 0. The SMILES string of the molecule is N#Cc1cccc(C(O)C2CN(CCC3CCCCC3)CCC2(O)c2ccccc2)c1. The molecule has 0 radical (unpaired) electrons. The van der Waals surface area contributed by atoms with Gasteiger partial charge in [0.05, 0.1) is 23.3 Å². The molecule has 31 heavy (non-hydrogen) atoms. The number of benzene rings is 2. The van der Waals surface area contributed by atoms with Crippen molar-refractivity contribution in [3.8, 4) is 6.07 Å². The number of likely N-dealkylation sites (tertiary alicyclic amines) is 1. The minimum atomic E-state index is -1.09. The average Bonchev–Trinajstić information content (AvgIpc) is 2.84. The molecule has 2 aromatic rings. The molecule has 0 amide bonds. The lowest BCUT2D eigenvalue weighted by Crippen LogP contribution is -2.52. The van der Waals surface area contributed by atoms with Gasteiger partial charge in [-0.25, -0.2) is 0 Å². The minimum Gasteiger partial charge on any atom is -0.388 e. The maximum atomic E-state index is 11.8. The van der Waals surface area contributed by atoms with Crippen molar-refractivity contribution in [2.75, 3.05) is 19.6 Å². The number of nitriles is 1. The molecule has 1 aliphatic carbocycles. The quantitative estimate of drug-likeness (QED) is 0.709. The Balaban J connectivity index is 1.55. The standard InChI is InChI=1S/C27H34N2O2/c28-19-22-10-7-11-23(18-22)26(30)25-20-29(16-14-21-8-3-1-4-9-21)17-15-27(25,31)24-12-5-2-6-13-24/h2,5-7,10-13,18,21,25-26,30-31H,1,3-4,8-9,14-17,20H2. The Morgan fingerprint density at radius 2 is 1.84 bits per heavy atom. The Labute approximate surface area is 186 Å². The lowest BCUT2D eigenvalue weighted by Gasteiger charge is -2.47. The highest BCUT2D eigenvalue weighted by Crippen LogP contribution is 2.44. The third kappa shape index (κ3) is 5.01. The van der Waals surface area contributed by atoms with Crippen LogP contribution >= 0.6 is 0 Å². The summed E-state index contributed by atoms with van der Waals surface area (Å²) in [5.41, 5.74) is 1.00. The lowest BCUT2D eigenvalue weighted by molar-refractivity contribution is -0.123. The molecule has 0 spiro atoms. The van der Waals surface area contributed by atoms with Crippen molar-refractivity contribution < 1.29 is 10.2 Å². The van der Waals surface area contributed by atoms with E-state index in [4.69, 9.17) is 0 Å². The van der Waals surface area contributed by atoms with E-state index in [0.29, 0.717) is 24.1 Å². The van der Waals surface area contributed by atoms with E-state index in [1.165, 1.54) is 38.5 Å². The molecule has 3 atom stereocenters. The highest BCUT2D eigenvalue weighted by molar-refractivity contribution is 5.35. The molecule has 4 nitrogen and oxygen atoms in total. The molecule has 2 N–H and O–H groups in total. The normalized spacial score (nSPS) is 26.3. The monoisotopic (exact) mass is 418 g/mol. The van der Waals surface area contributed by atoms with Crippen LogP contribution in [0.5, 0.6) is 0 Å². The fraction of sp³-hybridized carbons (Fsp3) is 0.519. The highest BCUT2D eigenvalue weighted by atomic mass is 16.3. The van der Waals surface area contributed by atoms with Gasteiger partial charge in [-0.15, -0.1) is 0 Å². The second-order valence-electron chi connectivity index (χ2n) is 9.42. The van der Waals surface area contributed by atoms with Crippen molar-refractivity contribution in [3.05, 3.63) is 71.3 Å². The highest BCUT2D eigenvalue weighted by Gasteiger charge is 2.46. The van der Waals surface area contributed by atoms with E-state index in [1.54, 1.807) is 12.1 Å². The Bertz CT molecular complexity index is 888. The molecule has 1 heterocycles. The van der Waals surface area contributed by atoms with Crippen molar-refractivity contribution in [3.63, 3.8) is 0 Å². The number of hydrogen-bond donors (Lipinski definition) is 2. The van der Waals surface area contributed by atoms with Gasteiger partial charge in [0.1, 0.15) is 0 Å². The van der Waals surface area contributed by atoms with Gasteiger partial charge in [-0.2, -0.15) is 5.26 Å². The molecule has 0 aromatic heterocycles. The van der Waals surface area contributed by atoms with Crippen LogP contribution in [0.3, 0.4) is 0 Å². The van der Waals surface area contributed by atoms with Crippen LogP contribution in [0.15, 0.2) is 54.6 Å². The van der Waals surface area contributed by atoms with Gasteiger partial charge in [0.2, 0.25) is 0 Å². The van der Waals surface area contributed by atoms with Crippen LogP contribution in [-0.2, 0) is 5.60 Å². The molecular weight excluding hydrogens is 384 g/mol. The average molecular weight is 419 g/mol. The minimum absolute atomic E-state index is 0.357. The molecule has 1 saturated heterocycles. The number of aliphatic hydroxyl groups is 2. The molecule has 2 fully saturated rings. The summed E-state index contributed by atoms with van der Waals surface area (Å²) in [4.78, 5) is 2.42. The Kier molecular flexibility index (Phi) is 7.07. The maximum absolute atomic E-state index is 11.8. The summed E-state index contributed by atoms with van der Waals surface area (Å²) in [5, 5.41) is 32.5. The second-order valence-corrected chi connectivity index (χ2v) is 9.42. The predicted octanol–water partition coefficient (Wildman–Crippen LogP) is 4.77. The van der Waals surface area contributed by atoms with Crippen LogP contribution in [-0.4, -0.2) is 34.7 Å². The molecule has 3 unspecified atom stereocenters. The number of hydrogen-bond acceptors (Lipinski definition) is 4. The second kappa shape index (κ2) is 9.96. The van der Waals surface area contributed by atoms with Crippen molar-refractivity contribution in [1.29, 1.82) is 5.26 Å². The smallest absolute Gasteiger partial charge is 0.0991 e. The van der Waals surface area contributed by atoms with Gasteiger partial charge in [-0.1, -0.05) is 74.6 Å². The van der Waals surface area contributed by atoms with Crippen molar-refractivity contribution in [2.24, 2.45) is 11.8 Å². The third-order valence-corrected chi connectivity index (χ3v) is 7.47. The van der Waals surface area contributed by atoms with E-state index < -0.39 is 11.7 Å². The summed E-state index contributed by atoms with van der Waals surface area (Å²) < 4.78 is 0. The van der Waals surface area contributed by atoms with Crippen LogP contribution in [0.4, 0.5) is 0 Å². The van der Waals surface area contributed by atoms with E-state index >= 15 is 0 Å². The van der Waals surface area contributed by atoms with Gasteiger partial charge in [0.25, 0.3) is 0 Å². The molecule has 4 rings (SSSR count). The summed E-state index contributed by atoms with van der Waals surface area (Å²) in [6.07, 6.45) is 7.74. The van der Waals surface area contributed by atoms with Crippen molar-refractivity contribution in [2.45, 2.75) is 56.7 Å². The van der Waals surface area contributed by atoms with Gasteiger partial charge >= 0.3 is 0 Å². The van der Waals surface area contributed by atoms with Gasteiger partial charge in [-0.05, 0) is 48.6 Å². The fourth-order valence-corrected chi connectivity index (χ4v) is 5.55.